The second-order valence-electron chi connectivity index (χ2n) is 4.35. The smallest absolute Gasteiger partial charge is 0.211 e. The van der Waals surface area contributed by atoms with Gasteiger partial charge in [-0.05, 0) is 38.5 Å². The van der Waals surface area contributed by atoms with E-state index >= 15 is 0 Å². The van der Waals surface area contributed by atoms with Crippen LogP contribution in [0.2, 0.25) is 0 Å². The van der Waals surface area contributed by atoms with Gasteiger partial charge >= 0.3 is 0 Å². The first-order valence-corrected chi connectivity index (χ1v) is 6.01. The van der Waals surface area contributed by atoms with Gasteiger partial charge < -0.3 is 0 Å². The summed E-state index contributed by atoms with van der Waals surface area (Å²) in [5, 5.41) is 0. The van der Waals surface area contributed by atoms with Crippen LogP contribution in [0.25, 0.3) is 0 Å². The van der Waals surface area contributed by atoms with Crippen molar-refractivity contribution in [3.63, 3.8) is 0 Å². The molecule has 0 aromatic carbocycles. The van der Waals surface area contributed by atoms with Crippen LogP contribution in [-0.4, -0.2) is 36.4 Å². The number of aliphatic imine (C=N–C) groups is 3. The topological polar surface area (TPSA) is 88.3 Å². The van der Waals surface area contributed by atoms with Crippen molar-refractivity contribution in [1.29, 1.82) is 0 Å². The highest BCUT2D eigenvalue weighted by Crippen LogP contribution is 2.22. The number of rotatable bonds is 3. The van der Waals surface area contributed by atoms with Crippen molar-refractivity contribution in [3.05, 3.63) is 0 Å². The second kappa shape index (κ2) is 8.26. The highest BCUT2D eigenvalue weighted by molar-refractivity contribution is 5.34. The fourth-order valence-electron chi connectivity index (χ4n) is 2.20. The zero-order chi connectivity index (χ0) is 13.2. The lowest BCUT2D eigenvalue weighted by molar-refractivity contribution is 0.491. The zero-order valence-electron chi connectivity index (χ0n) is 10.0. The van der Waals surface area contributed by atoms with Crippen molar-refractivity contribution < 1.29 is 14.4 Å². The summed E-state index contributed by atoms with van der Waals surface area (Å²) < 4.78 is 0. The van der Waals surface area contributed by atoms with E-state index in [0.29, 0.717) is 38.5 Å². The molecular formula is C12H15N3O3. The van der Waals surface area contributed by atoms with E-state index in [2.05, 4.69) is 15.0 Å². The number of carbonyl (C=O) groups excluding carboxylic acids is 3. The molecule has 0 unspecified atom stereocenters. The van der Waals surface area contributed by atoms with Gasteiger partial charge in [-0.3, -0.25) is 0 Å². The van der Waals surface area contributed by atoms with Crippen LogP contribution in [-0.2, 0) is 14.4 Å². The van der Waals surface area contributed by atoms with Crippen LogP contribution >= 0.6 is 0 Å². The summed E-state index contributed by atoms with van der Waals surface area (Å²) in [4.78, 5) is 42.1. The first-order chi connectivity index (χ1) is 8.80. The summed E-state index contributed by atoms with van der Waals surface area (Å²) in [6.07, 6.45) is 8.78. The molecule has 1 saturated carbocycles. The SMILES string of the molecule is O=C=NC1CCC(N=C=O)CCC(N=C=O)CC1. The van der Waals surface area contributed by atoms with Crippen LogP contribution in [0.15, 0.2) is 15.0 Å². The molecule has 0 N–H and O–H groups in total. The van der Waals surface area contributed by atoms with E-state index in [1.54, 1.807) is 18.2 Å². The van der Waals surface area contributed by atoms with Gasteiger partial charge in [-0.25, -0.2) is 29.4 Å². The Morgan fingerprint density at radius 1 is 0.556 bits per heavy atom. The molecule has 1 rings (SSSR count). The predicted octanol–water partition coefficient (Wildman–Crippen LogP) is 1.45. The van der Waals surface area contributed by atoms with Gasteiger partial charge in [0.1, 0.15) is 0 Å². The summed E-state index contributed by atoms with van der Waals surface area (Å²) in [6.45, 7) is 0. The Kier molecular flexibility index (Phi) is 6.52. The normalized spacial score (nSPS) is 28.3. The van der Waals surface area contributed by atoms with E-state index in [4.69, 9.17) is 0 Å². The molecule has 18 heavy (non-hydrogen) atoms. The summed E-state index contributed by atoms with van der Waals surface area (Å²) in [6, 6.07) is -0.391. The van der Waals surface area contributed by atoms with E-state index in [0.717, 1.165) is 0 Å². The molecule has 0 saturated heterocycles. The molecule has 1 aliphatic carbocycles. The van der Waals surface area contributed by atoms with Crippen molar-refractivity contribution in [3.8, 4) is 0 Å². The Labute approximate surface area is 105 Å². The highest BCUT2D eigenvalue weighted by Gasteiger charge is 2.20. The molecule has 0 radical (unpaired) electrons. The van der Waals surface area contributed by atoms with Crippen molar-refractivity contribution in [2.24, 2.45) is 15.0 Å². The minimum absolute atomic E-state index is 0.130. The summed E-state index contributed by atoms with van der Waals surface area (Å²) in [5.74, 6) is 0. The molecule has 0 aromatic rings. The molecule has 0 bridgehead atoms. The second-order valence-corrected chi connectivity index (χ2v) is 4.35. The number of hydrogen-bond donors (Lipinski definition) is 0. The summed E-state index contributed by atoms with van der Waals surface area (Å²) >= 11 is 0. The fourth-order valence-corrected chi connectivity index (χ4v) is 2.20. The lowest BCUT2D eigenvalue weighted by Crippen LogP contribution is -2.09. The van der Waals surface area contributed by atoms with Crippen molar-refractivity contribution in [2.45, 2.75) is 56.7 Å². The summed E-state index contributed by atoms with van der Waals surface area (Å²) in [5.41, 5.74) is 0. The average molecular weight is 249 g/mol. The van der Waals surface area contributed by atoms with E-state index in [1.165, 1.54) is 0 Å². The quantitative estimate of drug-likeness (QED) is 0.560. The molecule has 0 spiro atoms. The van der Waals surface area contributed by atoms with Gasteiger partial charge in [0.15, 0.2) is 0 Å². The third-order valence-corrected chi connectivity index (χ3v) is 3.21. The third-order valence-electron chi connectivity index (χ3n) is 3.21. The molecule has 0 atom stereocenters. The first-order valence-electron chi connectivity index (χ1n) is 6.01. The first kappa shape index (κ1) is 14.2. The molecule has 0 heterocycles. The molecule has 0 aliphatic heterocycles. The van der Waals surface area contributed by atoms with E-state index in [1.807, 2.05) is 0 Å². The maximum atomic E-state index is 10.3. The maximum absolute atomic E-state index is 10.3. The lowest BCUT2D eigenvalue weighted by atomic mass is 10.0. The van der Waals surface area contributed by atoms with E-state index < -0.39 is 0 Å². The van der Waals surface area contributed by atoms with Crippen molar-refractivity contribution >= 4 is 18.2 Å². The van der Waals surface area contributed by atoms with Gasteiger partial charge in [-0.15, -0.1) is 0 Å². The summed E-state index contributed by atoms with van der Waals surface area (Å²) in [7, 11) is 0. The maximum Gasteiger partial charge on any atom is 0.235 e. The number of isocyanates is 3. The van der Waals surface area contributed by atoms with Gasteiger partial charge in [0.2, 0.25) is 18.2 Å². The Bertz CT molecular complexity index is 331. The molecule has 1 aliphatic rings. The van der Waals surface area contributed by atoms with Crippen molar-refractivity contribution in [1.82, 2.24) is 0 Å². The molecule has 0 amide bonds. The van der Waals surface area contributed by atoms with Crippen LogP contribution in [0, 0.1) is 0 Å². The minimum Gasteiger partial charge on any atom is -0.211 e. The Hall–Kier alpha value is -1.86. The fraction of sp³-hybridized carbons (Fsp3) is 0.750. The van der Waals surface area contributed by atoms with Gasteiger partial charge in [-0.2, -0.15) is 0 Å². The zero-order valence-corrected chi connectivity index (χ0v) is 10.0. The van der Waals surface area contributed by atoms with Crippen LogP contribution in [0.5, 0.6) is 0 Å². The Balaban J connectivity index is 2.75. The molecular weight excluding hydrogens is 234 g/mol. The monoisotopic (exact) mass is 249 g/mol. The minimum atomic E-state index is -0.130. The Morgan fingerprint density at radius 3 is 0.944 bits per heavy atom. The molecule has 6 heteroatoms. The van der Waals surface area contributed by atoms with Gasteiger partial charge in [0, 0.05) is 0 Å². The number of hydrogen-bond acceptors (Lipinski definition) is 6. The lowest BCUT2D eigenvalue weighted by Gasteiger charge is -2.10. The average Bonchev–Trinajstić information content (AvgIpc) is 2.45. The van der Waals surface area contributed by atoms with E-state index in [9.17, 15) is 14.4 Å². The van der Waals surface area contributed by atoms with Gasteiger partial charge in [0.05, 0.1) is 18.1 Å². The molecule has 0 aromatic heterocycles. The van der Waals surface area contributed by atoms with Crippen LogP contribution in [0.4, 0.5) is 0 Å². The largest absolute Gasteiger partial charge is 0.235 e. The van der Waals surface area contributed by atoms with Gasteiger partial charge in [-0.1, -0.05) is 0 Å². The van der Waals surface area contributed by atoms with Crippen LogP contribution in [0.1, 0.15) is 38.5 Å². The van der Waals surface area contributed by atoms with Crippen molar-refractivity contribution in [2.75, 3.05) is 0 Å². The third kappa shape index (κ3) is 4.98. The van der Waals surface area contributed by atoms with Crippen LogP contribution in [0.3, 0.4) is 0 Å². The number of nitrogens with zero attached hydrogens (tertiary/aromatic N) is 3. The molecule has 96 valence electrons. The van der Waals surface area contributed by atoms with E-state index in [-0.39, 0.29) is 18.1 Å². The van der Waals surface area contributed by atoms with Gasteiger partial charge in [0.25, 0.3) is 0 Å². The highest BCUT2D eigenvalue weighted by atomic mass is 16.1. The molecule has 6 nitrogen and oxygen atoms in total. The standard InChI is InChI=1S/C12H15N3O3/c16-7-13-10-1-2-11(14-8-17)5-6-12(4-3-10)15-9-18/h10-12H,1-6H2. The Morgan fingerprint density at radius 2 is 0.778 bits per heavy atom. The van der Waals surface area contributed by atoms with Crippen LogP contribution < -0.4 is 0 Å². The molecule has 1 fully saturated rings. The predicted molar refractivity (Wildman–Crippen MR) is 63.4 cm³/mol.